The number of carboxylic acid groups (broad SMARTS) is 1. The van der Waals surface area contributed by atoms with Crippen molar-refractivity contribution in [1.29, 1.82) is 0 Å². The number of rotatable bonds is 2. The average Bonchev–Trinajstić information content (AvgIpc) is 2.25. The Hall–Kier alpha value is -1.30. The van der Waals surface area contributed by atoms with Gasteiger partial charge in [0, 0.05) is 19.7 Å². The lowest BCUT2D eigenvalue weighted by Gasteiger charge is -2.36. The van der Waals surface area contributed by atoms with Gasteiger partial charge in [-0.2, -0.15) is 0 Å². The molecule has 0 spiro atoms. The number of likely N-dealkylation sites (tertiary alicyclic amines) is 1. The van der Waals surface area contributed by atoms with Gasteiger partial charge in [-0.3, -0.25) is 4.79 Å². The lowest BCUT2D eigenvalue weighted by molar-refractivity contribution is -0.146. The highest BCUT2D eigenvalue weighted by atomic mass is 16.6. The molecular formula is C12H21NO5. The summed E-state index contributed by atoms with van der Waals surface area (Å²) in [6.45, 7) is 5.64. The average molecular weight is 259 g/mol. The van der Waals surface area contributed by atoms with Gasteiger partial charge in [-0.1, -0.05) is 0 Å². The van der Waals surface area contributed by atoms with Crippen LogP contribution in [0.3, 0.4) is 0 Å². The number of aliphatic hydroxyl groups excluding tert-OH is 1. The van der Waals surface area contributed by atoms with Crippen molar-refractivity contribution in [2.45, 2.75) is 32.8 Å². The number of hydrogen-bond donors (Lipinski definition) is 2. The molecule has 104 valence electrons. The summed E-state index contributed by atoms with van der Waals surface area (Å²) in [5.41, 5.74) is -0.594. The highest BCUT2D eigenvalue weighted by Gasteiger charge is 2.36. The van der Waals surface area contributed by atoms with Gasteiger partial charge in [-0.15, -0.1) is 0 Å². The SMILES string of the molecule is CC(C)(C)OC(=O)N1CC[C@@H](CO)[C@H](C(=O)O)C1. The number of aliphatic hydroxyl groups is 1. The van der Waals surface area contributed by atoms with E-state index in [-0.39, 0.29) is 19.1 Å². The van der Waals surface area contributed by atoms with Crippen LogP contribution in [0, 0.1) is 11.8 Å². The lowest BCUT2D eigenvalue weighted by Crippen LogP contribution is -2.48. The van der Waals surface area contributed by atoms with Crippen LogP contribution in [-0.2, 0) is 9.53 Å². The lowest BCUT2D eigenvalue weighted by atomic mass is 9.86. The van der Waals surface area contributed by atoms with E-state index in [1.54, 1.807) is 20.8 Å². The van der Waals surface area contributed by atoms with Crippen LogP contribution in [-0.4, -0.2) is 52.5 Å². The molecule has 1 aliphatic heterocycles. The maximum atomic E-state index is 11.8. The minimum absolute atomic E-state index is 0.0927. The molecule has 0 aromatic rings. The van der Waals surface area contributed by atoms with Crippen LogP contribution in [0.25, 0.3) is 0 Å². The summed E-state index contributed by atoms with van der Waals surface area (Å²) in [5, 5.41) is 18.2. The van der Waals surface area contributed by atoms with Crippen molar-refractivity contribution >= 4 is 12.1 Å². The van der Waals surface area contributed by atoms with Crippen LogP contribution in [0.5, 0.6) is 0 Å². The molecule has 1 aliphatic rings. The molecule has 0 aliphatic carbocycles. The number of nitrogens with zero attached hydrogens (tertiary/aromatic N) is 1. The number of aliphatic carboxylic acids is 1. The highest BCUT2D eigenvalue weighted by Crippen LogP contribution is 2.24. The van der Waals surface area contributed by atoms with Gasteiger partial charge in [0.15, 0.2) is 0 Å². The fourth-order valence-electron chi connectivity index (χ4n) is 1.99. The van der Waals surface area contributed by atoms with E-state index in [0.717, 1.165) is 0 Å². The molecule has 0 aromatic heterocycles. The monoisotopic (exact) mass is 259 g/mol. The summed E-state index contributed by atoms with van der Waals surface area (Å²) in [6, 6.07) is 0. The van der Waals surface area contributed by atoms with Gasteiger partial charge in [0.1, 0.15) is 5.60 Å². The van der Waals surface area contributed by atoms with Gasteiger partial charge in [0.2, 0.25) is 0 Å². The van der Waals surface area contributed by atoms with Crippen molar-refractivity contribution in [3.8, 4) is 0 Å². The summed E-state index contributed by atoms with van der Waals surface area (Å²) in [4.78, 5) is 24.3. The second-order valence-corrected chi connectivity index (χ2v) is 5.60. The van der Waals surface area contributed by atoms with Crippen molar-refractivity contribution in [3.05, 3.63) is 0 Å². The van der Waals surface area contributed by atoms with Gasteiger partial charge < -0.3 is 19.8 Å². The predicted molar refractivity (Wildman–Crippen MR) is 64.1 cm³/mol. The number of carbonyl (C=O) groups is 2. The summed E-state index contributed by atoms with van der Waals surface area (Å²) in [5.74, 6) is -2.00. The largest absolute Gasteiger partial charge is 0.481 e. The standard InChI is InChI=1S/C12H21NO5/c1-12(2,3)18-11(17)13-5-4-8(7-14)9(6-13)10(15)16/h8-9,14H,4-7H2,1-3H3,(H,15,16)/t8-,9+/m0/s1. The van der Waals surface area contributed by atoms with E-state index in [1.165, 1.54) is 4.90 Å². The summed E-state index contributed by atoms with van der Waals surface area (Å²) in [7, 11) is 0. The van der Waals surface area contributed by atoms with E-state index in [2.05, 4.69) is 0 Å². The van der Waals surface area contributed by atoms with Gasteiger partial charge in [-0.05, 0) is 33.1 Å². The molecule has 6 nitrogen and oxygen atoms in total. The highest BCUT2D eigenvalue weighted by molar-refractivity contribution is 5.73. The zero-order valence-corrected chi connectivity index (χ0v) is 11.0. The molecule has 1 heterocycles. The van der Waals surface area contributed by atoms with Gasteiger partial charge >= 0.3 is 12.1 Å². The van der Waals surface area contributed by atoms with E-state index in [0.29, 0.717) is 13.0 Å². The fraction of sp³-hybridized carbons (Fsp3) is 0.833. The van der Waals surface area contributed by atoms with E-state index in [1.807, 2.05) is 0 Å². The van der Waals surface area contributed by atoms with Gasteiger partial charge in [0.25, 0.3) is 0 Å². The third kappa shape index (κ3) is 3.87. The predicted octanol–water partition coefficient (Wildman–Crippen LogP) is 0.936. The Labute approximate surface area is 107 Å². The molecule has 1 fully saturated rings. The molecule has 2 atom stereocenters. The maximum Gasteiger partial charge on any atom is 0.410 e. The second-order valence-electron chi connectivity index (χ2n) is 5.60. The Morgan fingerprint density at radius 3 is 2.44 bits per heavy atom. The number of carboxylic acids is 1. The molecule has 0 bridgehead atoms. The van der Waals surface area contributed by atoms with Gasteiger partial charge in [0.05, 0.1) is 5.92 Å². The van der Waals surface area contributed by atoms with E-state index < -0.39 is 23.6 Å². The van der Waals surface area contributed by atoms with Gasteiger partial charge in [-0.25, -0.2) is 4.79 Å². The van der Waals surface area contributed by atoms with Crippen LogP contribution >= 0.6 is 0 Å². The first-order valence-corrected chi connectivity index (χ1v) is 6.06. The molecule has 1 rings (SSSR count). The first-order valence-electron chi connectivity index (χ1n) is 6.06. The van der Waals surface area contributed by atoms with Crippen molar-refractivity contribution in [1.82, 2.24) is 4.90 Å². The number of hydrogen-bond acceptors (Lipinski definition) is 4. The van der Waals surface area contributed by atoms with E-state index in [9.17, 15) is 9.59 Å². The molecule has 0 unspecified atom stereocenters. The zero-order valence-electron chi connectivity index (χ0n) is 11.0. The quantitative estimate of drug-likeness (QED) is 0.770. The first-order chi connectivity index (χ1) is 8.24. The molecule has 6 heteroatoms. The van der Waals surface area contributed by atoms with Crippen molar-refractivity contribution in [2.75, 3.05) is 19.7 Å². The van der Waals surface area contributed by atoms with Crippen LogP contribution in [0.4, 0.5) is 4.79 Å². The molecule has 2 N–H and O–H groups in total. The Kier molecular flexibility index (Phi) is 4.56. The maximum absolute atomic E-state index is 11.8. The minimum atomic E-state index is -0.984. The Morgan fingerprint density at radius 2 is 2.00 bits per heavy atom. The number of amides is 1. The minimum Gasteiger partial charge on any atom is -0.481 e. The normalized spacial score (nSPS) is 24.8. The number of carbonyl (C=O) groups excluding carboxylic acids is 1. The molecule has 0 saturated carbocycles. The summed E-state index contributed by atoms with van der Waals surface area (Å²) in [6.07, 6.45) is -0.0164. The zero-order chi connectivity index (χ0) is 13.9. The second kappa shape index (κ2) is 5.56. The summed E-state index contributed by atoms with van der Waals surface area (Å²) < 4.78 is 5.21. The van der Waals surface area contributed by atoms with Crippen LogP contribution < -0.4 is 0 Å². The smallest absolute Gasteiger partial charge is 0.410 e. The number of ether oxygens (including phenoxy) is 1. The third-order valence-electron chi connectivity index (χ3n) is 2.96. The van der Waals surface area contributed by atoms with E-state index >= 15 is 0 Å². The van der Waals surface area contributed by atoms with Crippen molar-refractivity contribution in [2.24, 2.45) is 11.8 Å². The van der Waals surface area contributed by atoms with Crippen molar-refractivity contribution in [3.63, 3.8) is 0 Å². The van der Waals surface area contributed by atoms with Crippen LogP contribution in [0.2, 0.25) is 0 Å². The van der Waals surface area contributed by atoms with Crippen LogP contribution in [0.1, 0.15) is 27.2 Å². The molecule has 0 radical (unpaired) electrons. The first kappa shape index (κ1) is 14.8. The molecule has 1 amide bonds. The molecule has 1 saturated heterocycles. The molecule has 0 aromatic carbocycles. The van der Waals surface area contributed by atoms with Crippen LogP contribution in [0.15, 0.2) is 0 Å². The summed E-state index contributed by atoms with van der Waals surface area (Å²) >= 11 is 0. The van der Waals surface area contributed by atoms with E-state index in [4.69, 9.17) is 14.9 Å². The third-order valence-corrected chi connectivity index (χ3v) is 2.96. The van der Waals surface area contributed by atoms with Crippen molar-refractivity contribution < 1.29 is 24.5 Å². The molecular weight excluding hydrogens is 238 g/mol. The Bertz CT molecular complexity index is 323. The molecule has 18 heavy (non-hydrogen) atoms. The topological polar surface area (TPSA) is 87.1 Å². The Morgan fingerprint density at radius 1 is 1.39 bits per heavy atom. The Balaban J connectivity index is 2.65. The fourth-order valence-corrected chi connectivity index (χ4v) is 1.99. The number of piperidine rings is 1.